The van der Waals surface area contributed by atoms with Crippen molar-refractivity contribution in [2.75, 3.05) is 26.9 Å². The zero-order valence-corrected chi connectivity index (χ0v) is 12.9. The molecule has 0 fully saturated rings. The molecule has 0 spiro atoms. The Bertz CT molecular complexity index is 391. The van der Waals surface area contributed by atoms with Crippen molar-refractivity contribution in [3.8, 4) is 5.75 Å². The summed E-state index contributed by atoms with van der Waals surface area (Å²) in [7, 11) is 1.73. The molecule has 1 unspecified atom stereocenters. The number of aryl methyl sites for hydroxylation is 2. The SMILES string of the molecule is CCCNC(COC)COc1c(C)ccc(C)c1C. The summed E-state index contributed by atoms with van der Waals surface area (Å²) in [5, 5.41) is 3.44. The van der Waals surface area contributed by atoms with E-state index in [9.17, 15) is 0 Å². The van der Waals surface area contributed by atoms with Crippen LogP contribution in [0.2, 0.25) is 0 Å². The van der Waals surface area contributed by atoms with Crippen molar-refractivity contribution < 1.29 is 9.47 Å². The van der Waals surface area contributed by atoms with Crippen LogP contribution >= 0.6 is 0 Å². The second kappa shape index (κ2) is 8.18. The molecule has 0 saturated heterocycles. The Kier molecular flexibility index (Phi) is 6.89. The molecule has 1 aromatic carbocycles. The first kappa shape index (κ1) is 16.0. The van der Waals surface area contributed by atoms with E-state index in [4.69, 9.17) is 9.47 Å². The van der Waals surface area contributed by atoms with Gasteiger partial charge in [-0.25, -0.2) is 0 Å². The Morgan fingerprint density at radius 3 is 2.42 bits per heavy atom. The number of ether oxygens (including phenoxy) is 2. The topological polar surface area (TPSA) is 30.5 Å². The van der Waals surface area contributed by atoms with Crippen LogP contribution in [0.1, 0.15) is 30.0 Å². The smallest absolute Gasteiger partial charge is 0.125 e. The summed E-state index contributed by atoms with van der Waals surface area (Å²) in [6.07, 6.45) is 1.11. The van der Waals surface area contributed by atoms with Gasteiger partial charge >= 0.3 is 0 Å². The highest BCUT2D eigenvalue weighted by molar-refractivity contribution is 5.44. The Hall–Kier alpha value is -1.06. The summed E-state index contributed by atoms with van der Waals surface area (Å²) >= 11 is 0. The molecule has 0 aromatic heterocycles. The van der Waals surface area contributed by atoms with E-state index in [1.807, 2.05) is 0 Å². The van der Waals surface area contributed by atoms with E-state index in [0.29, 0.717) is 13.2 Å². The molecule has 0 aliphatic rings. The van der Waals surface area contributed by atoms with E-state index < -0.39 is 0 Å². The normalized spacial score (nSPS) is 12.5. The van der Waals surface area contributed by atoms with E-state index in [-0.39, 0.29) is 6.04 Å². The monoisotopic (exact) mass is 265 g/mol. The molecule has 1 atom stereocenters. The quantitative estimate of drug-likeness (QED) is 0.784. The van der Waals surface area contributed by atoms with Crippen molar-refractivity contribution in [1.29, 1.82) is 0 Å². The molecule has 1 aromatic rings. The van der Waals surface area contributed by atoms with E-state index in [2.05, 4.69) is 45.1 Å². The lowest BCUT2D eigenvalue weighted by Crippen LogP contribution is -2.39. The number of hydrogen-bond acceptors (Lipinski definition) is 3. The van der Waals surface area contributed by atoms with Crippen LogP contribution < -0.4 is 10.1 Å². The number of rotatable bonds is 8. The fourth-order valence-corrected chi connectivity index (χ4v) is 2.05. The Labute approximate surface area is 117 Å². The molecule has 19 heavy (non-hydrogen) atoms. The molecule has 0 radical (unpaired) electrons. The highest BCUT2D eigenvalue weighted by atomic mass is 16.5. The Morgan fingerprint density at radius 1 is 1.11 bits per heavy atom. The van der Waals surface area contributed by atoms with Crippen molar-refractivity contribution in [2.24, 2.45) is 0 Å². The van der Waals surface area contributed by atoms with E-state index in [0.717, 1.165) is 18.7 Å². The van der Waals surface area contributed by atoms with Crippen LogP contribution in [0.15, 0.2) is 12.1 Å². The average molecular weight is 265 g/mol. The van der Waals surface area contributed by atoms with Crippen LogP contribution in [0.5, 0.6) is 5.75 Å². The Morgan fingerprint density at radius 2 is 1.79 bits per heavy atom. The maximum absolute atomic E-state index is 6.02. The third-order valence-electron chi connectivity index (χ3n) is 3.35. The second-order valence-corrected chi connectivity index (χ2v) is 5.07. The largest absolute Gasteiger partial charge is 0.491 e. The van der Waals surface area contributed by atoms with Gasteiger partial charge < -0.3 is 14.8 Å². The third kappa shape index (κ3) is 4.84. The maximum atomic E-state index is 6.02. The third-order valence-corrected chi connectivity index (χ3v) is 3.35. The van der Waals surface area contributed by atoms with Gasteiger partial charge in [-0.3, -0.25) is 0 Å². The molecule has 1 N–H and O–H groups in total. The predicted octanol–water partition coefficient (Wildman–Crippen LogP) is 3.01. The van der Waals surface area contributed by atoms with E-state index >= 15 is 0 Å². The molecule has 1 rings (SSSR count). The highest BCUT2D eigenvalue weighted by Gasteiger charge is 2.11. The van der Waals surface area contributed by atoms with Crippen molar-refractivity contribution in [3.63, 3.8) is 0 Å². The molecule has 3 heteroatoms. The zero-order valence-electron chi connectivity index (χ0n) is 12.9. The Balaban J connectivity index is 2.65. The van der Waals surface area contributed by atoms with Crippen LogP contribution in [0.3, 0.4) is 0 Å². The summed E-state index contributed by atoms with van der Waals surface area (Å²) in [6, 6.07) is 4.49. The van der Waals surface area contributed by atoms with Crippen LogP contribution in [0.25, 0.3) is 0 Å². The molecule has 108 valence electrons. The van der Waals surface area contributed by atoms with Gasteiger partial charge in [0.25, 0.3) is 0 Å². The van der Waals surface area contributed by atoms with Crippen molar-refractivity contribution >= 4 is 0 Å². The second-order valence-electron chi connectivity index (χ2n) is 5.07. The number of methoxy groups -OCH3 is 1. The molecule has 0 heterocycles. The first-order valence-electron chi connectivity index (χ1n) is 7.02. The van der Waals surface area contributed by atoms with Crippen molar-refractivity contribution in [2.45, 2.75) is 40.2 Å². The van der Waals surface area contributed by atoms with E-state index in [1.165, 1.54) is 16.7 Å². The van der Waals surface area contributed by atoms with Gasteiger partial charge in [0.05, 0.1) is 12.6 Å². The zero-order chi connectivity index (χ0) is 14.3. The summed E-state index contributed by atoms with van der Waals surface area (Å²) in [5.74, 6) is 1.01. The van der Waals surface area contributed by atoms with Gasteiger partial charge in [-0.05, 0) is 50.4 Å². The first-order valence-corrected chi connectivity index (χ1v) is 7.02. The molecular formula is C16H27NO2. The fraction of sp³-hybridized carbons (Fsp3) is 0.625. The summed E-state index contributed by atoms with van der Waals surface area (Å²) in [5.41, 5.74) is 3.69. The van der Waals surface area contributed by atoms with Crippen LogP contribution in [0.4, 0.5) is 0 Å². The summed E-state index contributed by atoms with van der Waals surface area (Å²) in [4.78, 5) is 0. The summed E-state index contributed by atoms with van der Waals surface area (Å²) < 4.78 is 11.2. The van der Waals surface area contributed by atoms with Crippen molar-refractivity contribution in [1.82, 2.24) is 5.32 Å². The molecule has 0 aliphatic heterocycles. The van der Waals surface area contributed by atoms with Gasteiger partial charge in [-0.15, -0.1) is 0 Å². The van der Waals surface area contributed by atoms with Crippen LogP contribution in [-0.2, 0) is 4.74 Å². The molecule has 0 aliphatic carbocycles. The average Bonchev–Trinajstić information content (AvgIpc) is 2.40. The number of benzene rings is 1. The number of nitrogens with one attached hydrogen (secondary N) is 1. The molecule has 0 bridgehead atoms. The minimum Gasteiger partial charge on any atom is -0.491 e. The standard InChI is InChI=1S/C16H27NO2/c1-6-9-17-15(10-18-5)11-19-16-13(3)8-7-12(2)14(16)4/h7-8,15,17H,6,9-11H2,1-5H3. The fourth-order valence-electron chi connectivity index (χ4n) is 2.05. The van der Waals surface area contributed by atoms with Gasteiger partial charge in [0.2, 0.25) is 0 Å². The van der Waals surface area contributed by atoms with Gasteiger partial charge in [0, 0.05) is 7.11 Å². The van der Waals surface area contributed by atoms with Crippen molar-refractivity contribution in [3.05, 3.63) is 28.8 Å². The molecular weight excluding hydrogens is 238 g/mol. The minimum atomic E-state index is 0.240. The minimum absolute atomic E-state index is 0.240. The molecule has 0 saturated carbocycles. The predicted molar refractivity (Wildman–Crippen MR) is 80.1 cm³/mol. The lowest BCUT2D eigenvalue weighted by molar-refractivity contribution is 0.135. The van der Waals surface area contributed by atoms with E-state index in [1.54, 1.807) is 7.11 Å². The van der Waals surface area contributed by atoms with Crippen LogP contribution in [-0.4, -0.2) is 32.9 Å². The molecule has 0 amide bonds. The van der Waals surface area contributed by atoms with Crippen LogP contribution in [0, 0.1) is 20.8 Å². The van der Waals surface area contributed by atoms with Gasteiger partial charge in [-0.2, -0.15) is 0 Å². The lowest BCUT2D eigenvalue weighted by atomic mass is 10.1. The number of hydrogen-bond donors (Lipinski definition) is 1. The van der Waals surface area contributed by atoms with Gasteiger partial charge in [0.15, 0.2) is 0 Å². The van der Waals surface area contributed by atoms with Gasteiger partial charge in [0.1, 0.15) is 12.4 Å². The van der Waals surface area contributed by atoms with Gasteiger partial charge in [-0.1, -0.05) is 19.1 Å². The lowest BCUT2D eigenvalue weighted by Gasteiger charge is -2.20. The molecule has 3 nitrogen and oxygen atoms in total. The first-order chi connectivity index (χ1) is 9.10. The maximum Gasteiger partial charge on any atom is 0.125 e. The summed E-state index contributed by atoms with van der Waals surface area (Å²) in [6.45, 7) is 10.8. The highest BCUT2D eigenvalue weighted by Crippen LogP contribution is 2.25.